The van der Waals surface area contributed by atoms with Gasteiger partial charge in [-0.05, 0) is 131 Å². The van der Waals surface area contributed by atoms with E-state index in [-0.39, 0.29) is 137 Å². The topological polar surface area (TPSA) is 436 Å². The second-order valence-corrected chi connectivity index (χ2v) is 32.4. The predicted octanol–water partition coefficient (Wildman–Crippen LogP) is 17.8. The van der Waals surface area contributed by atoms with E-state index >= 15 is 0 Å². The molecule has 0 bridgehead atoms. The lowest BCUT2D eigenvalue weighted by atomic mass is 10.1. The van der Waals surface area contributed by atoms with E-state index in [0.29, 0.717) is 127 Å². The average Bonchev–Trinajstić information content (AvgIpc) is 1.81. The predicted molar refractivity (Wildman–Crippen MR) is 577 cm³/mol. The van der Waals surface area contributed by atoms with E-state index in [0.717, 1.165) is 162 Å². The Labute approximate surface area is 849 Å². The maximum Gasteiger partial charge on any atom is 0.222 e. The van der Waals surface area contributed by atoms with E-state index in [4.69, 9.17) is 29.4 Å². The lowest BCUT2D eigenvalue weighted by Gasteiger charge is -2.20. The molecule has 0 unspecified atom stereocenters. The number of aryl methyl sites for hydroxylation is 4. The number of hydrogen-bond donors (Lipinski definition) is 11. The van der Waals surface area contributed by atoms with Crippen LogP contribution in [0.25, 0.3) is 43.6 Å². The summed E-state index contributed by atoms with van der Waals surface area (Å²) in [5.74, 6) is 8.63. The van der Waals surface area contributed by atoms with Crippen molar-refractivity contribution in [3.8, 4) is 28.7 Å². The fourth-order valence-electron chi connectivity index (χ4n) is 14.6. The SMILES string of the molecule is CCCC[C@@H](CCO)Nc1nc(C)ncc1OCc1cc2ccccc2cn1.CCCC[C@@H](CCO)Nc1nc(N)ncc1OCc1nccc2ccccc12.CCCC[C@@H](CO)Nc1nc(C)ncc1OCc1cn2ccccc2n1.CCCC[C@@H](CO)Nc1nc(C)ncc1OCc1nccc2ccccc12.CCC[C@@H](CO)Nc1nc(C)ncc1OCc1cn2ccccc2n1.S.S.S.S.S. The van der Waals surface area contributed by atoms with Crippen molar-refractivity contribution < 1.29 is 49.2 Å². The van der Waals surface area contributed by atoms with Crippen molar-refractivity contribution in [2.45, 2.75) is 228 Å². The van der Waals surface area contributed by atoms with Crippen LogP contribution in [0.3, 0.4) is 0 Å². The quantitative estimate of drug-likeness (QED) is 0.0169. The summed E-state index contributed by atoms with van der Waals surface area (Å²) >= 11 is 0. The molecule has 3 aromatic carbocycles. The van der Waals surface area contributed by atoms with Crippen LogP contribution in [0.1, 0.15) is 189 Å². The van der Waals surface area contributed by atoms with Crippen molar-refractivity contribution in [1.82, 2.24) is 83.6 Å². The zero-order chi connectivity index (χ0) is 94.6. The molecule has 38 heteroatoms. The fourth-order valence-corrected chi connectivity index (χ4v) is 14.6. The third-order valence-corrected chi connectivity index (χ3v) is 21.7. The second-order valence-electron chi connectivity index (χ2n) is 32.4. The molecule has 12 N–H and O–H groups in total. The maximum absolute atomic E-state index is 9.64. The summed E-state index contributed by atoms with van der Waals surface area (Å²) in [5.41, 5.74) is 11.7. The van der Waals surface area contributed by atoms with E-state index in [1.54, 1.807) is 43.4 Å². The summed E-state index contributed by atoms with van der Waals surface area (Å²) in [5, 5.41) is 70.7. The number of nitrogens with one attached hydrogen (secondary N) is 5. The first-order chi connectivity index (χ1) is 65.5. The fraction of sp³-hybridized carbons (Fsp3) is 0.396. The Kier molecular flexibility index (Phi) is 52.3. The average molecular weight is 2000 g/mol. The van der Waals surface area contributed by atoms with Gasteiger partial charge in [-0.2, -0.15) is 72.5 Å². The molecule has 12 heterocycles. The minimum atomic E-state index is -0.0585. The molecule has 33 nitrogen and oxygen atoms in total. The van der Waals surface area contributed by atoms with Crippen LogP contribution in [0.5, 0.6) is 28.7 Å². The Morgan fingerprint density at radius 3 is 1.02 bits per heavy atom. The van der Waals surface area contributed by atoms with Crippen molar-refractivity contribution in [3.63, 3.8) is 0 Å². The third kappa shape index (κ3) is 37.0. The molecule has 5 atom stereocenters. The van der Waals surface area contributed by atoms with Crippen molar-refractivity contribution in [3.05, 3.63) is 254 Å². The van der Waals surface area contributed by atoms with Crippen LogP contribution in [-0.4, -0.2) is 172 Å². The second kappa shape index (κ2) is 62.9. The van der Waals surface area contributed by atoms with Gasteiger partial charge in [0.05, 0.1) is 97.4 Å². The first kappa shape index (κ1) is 116. The molecule has 0 amide bonds. The van der Waals surface area contributed by atoms with Crippen molar-refractivity contribution in [2.75, 3.05) is 65.4 Å². The van der Waals surface area contributed by atoms with Crippen molar-refractivity contribution in [1.29, 1.82) is 0 Å². The van der Waals surface area contributed by atoms with E-state index < -0.39 is 0 Å². The number of aliphatic hydroxyl groups is 5. The Hall–Kier alpha value is -12.0. The van der Waals surface area contributed by atoms with Crippen molar-refractivity contribution in [2.24, 2.45) is 0 Å². The van der Waals surface area contributed by atoms with Crippen LogP contribution in [-0.2, 0) is 33.0 Å². The number of anilines is 6. The van der Waals surface area contributed by atoms with Crippen LogP contribution in [0.4, 0.5) is 35.0 Å². The minimum absolute atomic E-state index is 0. The van der Waals surface area contributed by atoms with Crippen LogP contribution in [0.2, 0.25) is 0 Å². The number of hydrogen-bond acceptors (Lipinski definition) is 31. The van der Waals surface area contributed by atoms with Gasteiger partial charge in [0, 0.05) is 84.8 Å². The Morgan fingerprint density at radius 2 is 0.647 bits per heavy atom. The van der Waals surface area contributed by atoms with Gasteiger partial charge >= 0.3 is 0 Å². The number of nitrogen functional groups attached to an aromatic ring is 1. The zero-order valence-corrected chi connectivity index (χ0v) is 85.8. The van der Waals surface area contributed by atoms with E-state index in [1.807, 2.05) is 183 Å². The molecular weight excluding hydrogens is 1860 g/mol. The smallest absolute Gasteiger partial charge is 0.222 e. The molecule has 0 aliphatic rings. The normalized spacial score (nSPS) is 11.7. The first-order valence-corrected chi connectivity index (χ1v) is 46.3. The van der Waals surface area contributed by atoms with Gasteiger partial charge in [0.25, 0.3) is 0 Å². The highest BCUT2D eigenvalue weighted by Gasteiger charge is 2.22. The van der Waals surface area contributed by atoms with Gasteiger partial charge in [-0.25, -0.2) is 54.8 Å². The lowest BCUT2D eigenvalue weighted by molar-refractivity contribution is 0.265. The highest BCUT2D eigenvalue weighted by atomic mass is 32.1. The van der Waals surface area contributed by atoms with E-state index in [2.05, 4.69) is 148 Å². The number of nitrogens with zero attached hydrogens (tertiary/aromatic N) is 17. The van der Waals surface area contributed by atoms with Crippen LogP contribution in [0.15, 0.2) is 202 Å². The molecule has 0 fully saturated rings. The van der Waals surface area contributed by atoms with Crippen LogP contribution >= 0.6 is 67.5 Å². The molecule has 0 radical (unpaired) electrons. The van der Waals surface area contributed by atoms with Crippen molar-refractivity contribution >= 4 is 146 Å². The summed E-state index contributed by atoms with van der Waals surface area (Å²) in [6.07, 6.45) is 36.9. The van der Waals surface area contributed by atoms with E-state index in [9.17, 15) is 25.5 Å². The van der Waals surface area contributed by atoms with Gasteiger partial charge in [-0.3, -0.25) is 15.0 Å². The maximum atomic E-state index is 9.64. The number of ether oxygens (including phenoxy) is 5. The molecule has 15 rings (SSSR count). The standard InChI is InChI=1S/C22H28N4O2.C21H27N5O2.C21H26N4O2.C19H25N5O2.C18H23N5O2.5H2S/c1-3-4-9-19(10-11-27)26-22-21(14-23-16(2)25-22)28-15-20-12-17-7-5-6-8-18(17)13-24-20;1-2-3-7-16(10-12-27)25-20-19(13-24-21(22)26-20)28-14-18-17-8-5-4-6-15(17)9-11-23-18;1-3-4-8-17(13-26)25-21-20(12-23-15(2)24-21)27-14-19-18-9-6-5-7-16(18)10-11-22-19;1-3-4-7-15(12-25)23-19-17(10-20-14(2)21-19)26-13-16-11-24-9-6-5-8-18(24)22-16;1-3-6-14(11-24)22-18-16(9-19-13(2)20-18)25-12-15-10-23-8-5-4-7-17(23)21-15;;;;;/h5-8,12-14,19,27H,3-4,9-11,15H2,1-2H3,(H,23,25,26);4-6,8-9,11,13,16,27H,2-3,7,10,12,14H2,1H3,(H3,22,24,25,26);5-7,9-12,17,26H,3-4,8,13-14H2,1-2H3,(H,23,24,25);5-6,8-11,15,25H,3-4,7,12-13H2,1-2H3,(H,20,21,23);4-5,7-10,14,24H,3,6,11-12H2,1-2H3,(H,19,20,22);5*1H2/t19-;16-;17-;15-;14-;;;;;/m00000...../s1. The number of benzene rings is 3. The number of unbranched alkanes of at least 4 members (excludes halogenated alkanes) is 4. The minimum Gasteiger partial charge on any atom is -0.482 e. The molecule has 15 aromatic rings. The largest absolute Gasteiger partial charge is 0.482 e. The molecule has 0 aliphatic carbocycles. The van der Waals surface area contributed by atoms with Gasteiger partial charge in [0.2, 0.25) is 5.95 Å². The third-order valence-electron chi connectivity index (χ3n) is 21.7. The molecule has 0 saturated carbocycles. The molecule has 0 spiro atoms. The van der Waals surface area contributed by atoms with Gasteiger partial charge < -0.3 is 90.3 Å². The van der Waals surface area contributed by atoms with Gasteiger partial charge in [0.1, 0.15) is 67.6 Å². The lowest BCUT2D eigenvalue weighted by Crippen LogP contribution is -2.25. The number of aliphatic hydroxyl groups excluding tert-OH is 5. The molecule has 0 aliphatic heterocycles. The number of rotatable bonds is 46. The molecule has 0 saturated heterocycles. The first-order valence-electron chi connectivity index (χ1n) is 46.3. The summed E-state index contributed by atoms with van der Waals surface area (Å²) in [4.78, 5) is 65.6. The Balaban J connectivity index is 0.000000264. The summed E-state index contributed by atoms with van der Waals surface area (Å²) < 4.78 is 33.7. The molecule has 139 heavy (non-hydrogen) atoms. The highest BCUT2D eigenvalue weighted by molar-refractivity contribution is 7.60. The van der Waals surface area contributed by atoms with Gasteiger partial charge in [-0.1, -0.05) is 177 Å². The Bertz CT molecular complexity index is 6000. The summed E-state index contributed by atoms with van der Waals surface area (Å²) in [7, 11) is 0. The summed E-state index contributed by atoms with van der Waals surface area (Å²) in [6.45, 7) is 20.0. The monoisotopic (exact) mass is 1990 g/mol. The number of fused-ring (bicyclic) bond motifs is 5. The highest BCUT2D eigenvalue weighted by Crippen LogP contribution is 2.32. The van der Waals surface area contributed by atoms with Gasteiger partial charge in [0.15, 0.2) is 57.8 Å². The van der Waals surface area contributed by atoms with Crippen LogP contribution in [0, 0.1) is 27.7 Å². The Morgan fingerprint density at radius 1 is 0.317 bits per heavy atom. The van der Waals surface area contributed by atoms with Crippen LogP contribution < -0.4 is 56.0 Å². The summed E-state index contributed by atoms with van der Waals surface area (Å²) in [6, 6.07) is 42.1. The molecular formula is C101H139N23O10S5. The zero-order valence-electron chi connectivity index (χ0n) is 80.8. The van der Waals surface area contributed by atoms with Gasteiger partial charge in [-0.15, -0.1) is 0 Å². The number of imidazole rings is 2. The molecule has 748 valence electrons. The number of pyridine rings is 5. The molecule has 12 aromatic heterocycles. The number of nitrogens with two attached hydrogens (primary N) is 1. The number of aromatic nitrogens is 17. The van der Waals surface area contributed by atoms with E-state index in [1.165, 1.54) is 0 Å².